The van der Waals surface area contributed by atoms with Crippen molar-refractivity contribution < 1.29 is 13.9 Å². The fraction of sp³-hybridized carbons (Fsp3) is 0.455. The molecular formula is C11H15FO2. The summed E-state index contributed by atoms with van der Waals surface area (Å²) >= 11 is 0. The number of ether oxygens (including phenoxy) is 2. The highest BCUT2D eigenvalue weighted by molar-refractivity contribution is 5.40. The van der Waals surface area contributed by atoms with Crippen LogP contribution in [0.25, 0.3) is 0 Å². The van der Waals surface area contributed by atoms with Crippen LogP contribution in [-0.4, -0.2) is 13.7 Å². The average Bonchev–Trinajstić information content (AvgIpc) is 2.20. The minimum atomic E-state index is -0.375. The van der Waals surface area contributed by atoms with Crippen LogP contribution >= 0.6 is 0 Å². The van der Waals surface area contributed by atoms with E-state index in [4.69, 9.17) is 9.47 Å². The van der Waals surface area contributed by atoms with Crippen LogP contribution < -0.4 is 9.47 Å². The Kier molecular flexibility index (Phi) is 4.23. The van der Waals surface area contributed by atoms with Crippen LogP contribution in [-0.2, 0) is 0 Å². The third kappa shape index (κ3) is 2.62. The summed E-state index contributed by atoms with van der Waals surface area (Å²) in [5, 5.41) is 0. The molecule has 0 atom stereocenters. The fourth-order valence-corrected chi connectivity index (χ4v) is 1.11. The first-order chi connectivity index (χ1) is 6.79. The lowest BCUT2D eigenvalue weighted by molar-refractivity contribution is 0.274. The summed E-state index contributed by atoms with van der Waals surface area (Å²) in [7, 11) is 1.50. The lowest BCUT2D eigenvalue weighted by Crippen LogP contribution is -2.00. The van der Waals surface area contributed by atoms with E-state index in [1.54, 1.807) is 12.1 Å². The van der Waals surface area contributed by atoms with E-state index in [9.17, 15) is 4.39 Å². The second-order valence-electron chi connectivity index (χ2n) is 2.97. The topological polar surface area (TPSA) is 18.5 Å². The predicted molar refractivity (Wildman–Crippen MR) is 53.4 cm³/mol. The Morgan fingerprint density at radius 3 is 2.79 bits per heavy atom. The number of para-hydroxylation sites is 1. The molecule has 0 saturated heterocycles. The standard InChI is InChI=1S/C11H15FO2/c1-3-4-8-14-11-9(12)6-5-7-10(11)13-2/h5-7H,3-4,8H2,1-2H3. The van der Waals surface area contributed by atoms with E-state index in [0.29, 0.717) is 12.4 Å². The van der Waals surface area contributed by atoms with Crippen LogP contribution in [0.1, 0.15) is 19.8 Å². The summed E-state index contributed by atoms with van der Waals surface area (Å²) in [6.07, 6.45) is 1.94. The maximum Gasteiger partial charge on any atom is 0.197 e. The number of methoxy groups -OCH3 is 1. The molecule has 0 amide bonds. The SMILES string of the molecule is CCCCOc1c(F)cccc1OC. The molecule has 0 spiro atoms. The van der Waals surface area contributed by atoms with Crippen LogP contribution in [0.15, 0.2) is 18.2 Å². The summed E-state index contributed by atoms with van der Waals surface area (Å²) in [6.45, 7) is 2.58. The van der Waals surface area contributed by atoms with E-state index >= 15 is 0 Å². The first kappa shape index (κ1) is 10.8. The first-order valence-corrected chi connectivity index (χ1v) is 4.75. The number of benzene rings is 1. The van der Waals surface area contributed by atoms with Crippen molar-refractivity contribution in [3.8, 4) is 11.5 Å². The van der Waals surface area contributed by atoms with E-state index in [-0.39, 0.29) is 11.6 Å². The van der Waals surface area contributed by atoms with Gasteiger partial charge in [-0.2, -0.15) is 0 Å². The van der Waals surface area contributed by atoms with E-state index in [0.717, 1.165) is 12.8 Å². The quantitative estimate of drug-likeness (QED) is 0.677. The van der Waals surface area contributed by atoms with Crippen LogP contribution in [0.4, 0.5) is 4.39 Å². The molecule has 0 N–H and O–H groups in total. The van der Waals surface area contributed by atoms with Gasteiger partial charge in [-0.1, -0.05) is 19.4 Å². The number of unbranched alkanes of at least 4 members (excludes halogenated alkanes) is 1. The largest absolute Gasteiger partial charge is 0.493 e. The Balaban J connectivity index is 2.72. The maximum absolute atomic E-state index is 13.3. The molecule has 0 unspecified atom stereocenters. The summed E-state index contributed by atoms with van der Waals surface area (Å²) in [4.78, 5) is 0. The zero-order valence-electron chi connectivity index (χ0n) is 8.55. The number of hydrogen-bond acceptors (Lipinski definition) is 2. The summed E-state index contributed by atoms with van der Waals surface area (Å²) in [5.74, 6) is 0.282. The smallest absolute Gasteiger partial charge is 0.197 e. The lowest BCUT2D eigenvalue weighted by atomic mass is 10.3. The van der Waals surface area contributed by atoms with Crippen molar-refractivity contribution in [2.75, 3.05) is 13.7 Å². The molecule has 0 fully saturated rings. The molecule has 0 aliphatic carbocycles. The molecule has 3 heteroatoms. The monoisotopic (exact) mass is 198 g/mol. The highest BCUT2D eigenvalue weighted by Crippen LogP contribution is 2.29. The number of hydrogen-bond donors (Lipinski definition) is 0. The molecule has 14 heavy (non-hydrogen) atoms. The molecule has 0 aliphatic heterocycles. The van der Waals surface area contributed by atoms with Crippen molar-refractivity contribution in [2.24, 2.45) is 0 Å². The van der Waals surface area contributed by atoms with Gasteiger partial charge in [0.1, 0.15) is 0 Å². The molecule has 0 radical (unpaired) electrons. The molecular weight excluding hydrogens is 183 g/mol. The normalized spacial score (nSPS) is 9.93. The molecule has 1 aromatic carbocycles. The van der Waals surface area contributed by atoms with Crippen LogP contribution in [0.3, 0.4) is 0 Å². The molecule has 78 valence electrons. The van der Waals surface area contributed by atoms with E-state index in [1.807, 2.05) is 0 Å². The highest BCUT2D eigenvalue weighted by atomic mass is 19.1. The Bertz CT molecular complexity index is 287. The van der Waals surface area contributed by atoms with E-state index in [2.05, 4.69) is 6.92 Å². The van der Waals surface area contributed by atoms with Crippen LogP contribution in [0.2, 0.25) is 0 Å². The molecule has 0 saturated carbocycles. The molecule has 0 heterocycles. The van der Waals surface area contributed by atoms with E-state index < -0.39 is 0 Å². The molecule has 1 rings (SSSR count). The fourth-order valence-electron chi connectivity index (χ4n) is 1.11. The summed E-state index contributed by atoms with van der Waals surface area (Å²) < 4.78 is 23.6. The van der Waals surface area contributed by atoms with Crippen molar-refractivity contribution in [3.63, 3.8) is 0 Å². The Hall–Kier alpha value is -1.25. The second-order valence-corrected chi connectivity index (χ2v) is 2.97. The van der Waals surface area contributed by atoms with Gasteiger partial charge in [0.15, 0.2) is 17.3 Å². The van der Waals surface area contributed by atoms with Gasteiger partial charge >= 0.3 is 0 Å². The van der Waals surface area contributed by atoms with Gasteiger partial charge in [-0.05, 0) is 18.6 Å². The van der Waals surface area contributed by atoms with Gasteiger partial charge < -0.3 is 9.47 Å². The number of halogens is 1. The predicted octanol–water partition coefficient (Wildman–Crippen LogP) is 3.01. The van der Waals surface area contributed by atoms with Gasteiger partial charge in [-0.25, -0.2) is 4.39 Å². The van der Waals surface area contributed by atoms with Crippen molar-refractivity contribution in [1.82, 2.24) is 0 Å². The first-order valence-electron chi connectivity index (χ1n) is 4.75. The zero-order valence-corrected chi connectivity index (χ0v) is 8.55. The van der Waals surface area contributed by atoms with Crippen molar-refractivity contribution in [3.05, 3.63) is 24.0 Å². The molecule has 1 aromatic rings. The molecule has 0 aliphatic rings. The van der Waals surface area contributed by atoms with Crippen molar-refractivity contribution >= 4 is 0 Å². The van der Waals surface area contributed by atoms with Crippen LogP contribution in [0, 0.1) is 5.82 Å². The second kappa shape index (κ2) is 5.47. The Morgan fingerprint density at radius 2 is 2.14 bits per heavy atom. The van der Waals surface area contributed by atoms with Gasteiger partial charge in [0.05, 0.1) is 13.7 Å². The van der Waals surface area contributed by atoms with Crippen molar-refractivity contribution in [1.29, 1.82) is 0 Å². The maximum atomic E-state index is 13.3. The highest BCUT2D eigenvalue weighted by Gasteiger charge is 2.09. The van der Waals surface area contributed by atoms with Gasteiger partial charge in [-0.3, -0.25) is 0 Å². The molecule has 0 bridgehead atoms. The lowest BCUT2D eigenvalue weighted by Gasteiger charge is -2.10. The summed E-state index contributed by atoms with van der Waals surface area (Å²) in [5.41, 5.74) is 0. The number of rotatable bonds is 5. The van der Waals surface area contributed by atoms with Gasteiger partial charge in [-0.15, -0.1) is 0 Å². The molecule has 0 aromatic heterocycles. The third-order valence-corrected chi connectivity index (χ3v) is 1.90. The Labute approximate surface area is 83.6 Å². The van der Waals surface area contributed by atoms with Gasteiger partial charge in [0.25, 0.3) is 0 Å². The van der Waals surface area contributed by atoms with Crippen LogP contribution in [0.5, 0.6) is 11.5 Å². The third-order valence-electron chi connectivity index (χ3n) is 1.90. The zero-order chi connectivity index (χ0) is 10.4. The average molecular weight is 198 g/mol. The van der Waals surface area contributed by atoms with Gasteiger partial charge in [0.2, 0.25) is 0 Å². The minimum Gasteiger partial charge on any atom is -0.493 e. The van der Waals surface area contributed by atoms with E-state index in [1.165, 1.54) is 13.2 Å². The minimum absolute atomic E-state index is 0.212. The Morgan fingerprint density at radius 1 is 1.36 bits per heavy atom. The molecule has 2 nitrogen and oxygen atoms in total. The summed E-state index contributed by atoms with van der Waals surface area (Å²) in [6, 6.07) is 4.65. The van der Waals surface area contributed by atoms with Crippen molar-refractivity contribution in [2.45, 2.75) is 19.8 Å². The van der Waals surface area contributed by atoms with Gasteiger partial charge in [0, 0.05) is 0 Å².